The first-order valence-electron chi connectivity index (χ1n) is 5.29. The van der Waals surface area contributed by atoms with Crippen LogP contribution in [0.1, 0.15) is 20.8 Å². The molecule has 1 unspecified atom stereocenters. The number of thiocarbonyl (C=S) groups is 1. The first-order chi connectivity index (χ1) is 6.52. The fraction of sp³-hybridized carbons (Fsp3) is 0.900. The average Bonchev–Trinajstić information content (AvgIpc) is 2.16. The predicted molar refractivity (Wildman–Crippen MR) is 64.5 cm³/mol. The van der Waals surface area contributed by atoms with Gasteiger partial charge in [0.15, 0.2) is 0 Å². The van der Waals surface area contributed by atoms with Gasteiger partial charge in [-0.05, 0) is 20.8 Å². The molecule has 0 aromatic rings. The van der Waals surface area contributed by atoms with Crippen LogP contribution in [0.2, 0.25) is 0 Å². The average molecular weight is 215 g/mol. The Balaban J connectivity index is 2.39. The Hall–Kier alpha value is -0.190. The second-order valence-electron chi connectivity index (χ2n) is 4.24. The van der Waals surface area contributed by atoms with Crippen LogP contribution in [0.4, 0.5) is 0 Å². The maximum Gasteiger partial charge on any atom is 0.0899 e. The molecule has 14 heavy (non-hydrogen) atoms. The first-order valence-corrected chi connectivity index (χ1v) is 5.70. The highest BCUT2D eigenvalue weighted by atomic mass is 32.1. The molecule has 1 saturated heterocycles. The quantitative estimate of drug-likeness (QED) is 0.702. The van der Waals surface area contributed by atoms with Gasteiger partial charge in [-0.3, -0.25) is 9.80 Å². The van der Waals surface area contributed by atoms with Crippen molar-refractivity contribution in [1.29, 1.82) is 0 Å². The Labute approximate surface area is 92.2 Å². The second-order valence-corrected chi connectivity index (χ2v) is 4.72. The van der Waals surface area contributed by atoms with E-state index in [4.69, 9.17) is 18.0 Å². The molecule has 82 valence electrons. The molecule has 1 atom stereocenters. The van der Waals surface area contributed by atoms with E-state index in [0.29, 0.717) is 11.0 Å². The Morgan fingerprint density at radius 3 is 1.86 bits per heavy atom. The first kappa shape index (κ1) is 11.9. The van der Waals surface area contributed by atoms with Gasteiger partial charge in [0.1, 0.15) is 0 Å². The molecule has 0 aromatic carbocycles. The Morgan fingerprint density at radius 1 is 1.07 bits per heavy atom. The lowest BCUT2D eigenvalue weighted by Gasteiger charge is -2.39. The van der Waals surface area contributed by atoms with Gasteiger partial charge in [0.2, 0.25) is 0 Å². The third kappa shape index (κ3) is 2.90. The summed E-state index contributed by atoms with van der Waals surface area (Å²) in [6.07, 6.45) is 0. The summed E-state index contributed by atoms with van der Waals surface area (Å²) in [6.45, 7) is 11.0. The maximum atomic E-state index is 5.64. The lowest BCUT2D eigenvalue weighted by atomic mass is 10.2. The number of nitrogens with two attached hydrogens (primary N) is 1. The summed E-state index contributed by atoms with van der Waals surface area (Å²) >= 11 is 5.00. The van der Waals surface area contributed by atoms with Crippen LogP contribution in [-0.2, 0) is 0 Å². The highest BCUT2D eigenvalue weighted by Crippen LogP contribution is 2.08. The summed E-state index contributed by atoms with van der Waals surface area (Å²) in [5.41, 5.74) is 5.64. The number of hydrogen-bond donors (Lipinski definition) is 1. The van der Waals surface area contributed by atoms with E-state index in [2.05, 4.69) is 30.6 Å². The molecule has 1 aliphatic rings. The van der Waals surface area contributed by atoms with Gasteiger partial charge in [0, 0.05) is 32.2 Å². The van der Waals surface area contributed by atoms with E-state index in [-0.39, 0.29) is 6.04 Å². The predicted octanol–water partition coefficient (Wildman–Crippen LogP) is 0.687. The SMILES string of the molecule is CC(C)N1CCN(C(C)C(N)=S)CC1. The fourth-order valence-electron chi connectivity index (χ4n) is 1.82. The highest BCUT2D eigenvalue weighted by Gasteiger charge is 2.23. The van der Waals surface area contributed by atoms with Crippen LogP contribution in [0, 0.1) is 0 Å². The molecular formula is C10H21N3S. The molecule has 0 aromatic heterocycles. The highest BCUT2D eigenvalue weighted by molar-refractivity contribution is 7.80. The van der Waals surface area contributed by atoms with Crippen molar-refractivity contribution in [3.63, 3.8) is 0 Å². The molecule has 3 nitrogen and oxygen atoms in total. The van der Waals surface area contributed by atoms with Gasteiger partial charge >= 0.3 is 0 Å². The largest absolute Gasteiger partial charge is 0.392 e. The zero-order valence-corrected chi connectivity index (χ0v) is 10.2. The minimum absolute atomic E-state index is 0.249. The number of piperazine rings is 1. The summed E-state index contributed by atoms with van der Waals surface area (Å²) in [4.78, 5) is 5.47. The Kier molecular flexibility index (Phi) is 4.29. The van der Waals surface area contributed by atoms with E-state index in [0.717, 1.165) is 26.2 Å². The lowest BCUT2D eigenvalue weighted by molar-refractivity contribution is 0.100. The standard InChI is InChI=1S/C10H21N3S/c1-8(2)12-4-6-13(7-5-12)9(3)10(11)14/h8-9H,4-7H2,1-3H3,(H2,11,14). The van der Waals surface area contributed by atoms with Gasteiger partial charge < -0.3 is 5.73 Å². The zero-order chi connectivity index (χ0) is 10.7. The summed E-state index contributed by atoms with van der Waals surface area (Å²) in [7, 11) is 0. The van der Waals surface area contributed by atoms with Crippen molar-refractivity contribution in [2.24, 2.45) is 5.73 Å². The van der Waals surface area contributed by atoms with Gasteiger partial charge in [-0.25, -0.2) is 0 Å². The summed E-state index contributed by atoms with van der Waals surface area (Å²) in [5, 5.41) is 0. The smallest absolute Gasteiger partial charge is 0.0899 e. The lowest BCUT2D eigenvalue weighted by Crippen LogP contribution is -2.54. The van der Waals surface area contributed by atoms with Crippen molar-refractivity contribution in [2.75, 3.05) is 26.2 Å². The van der Waals surface area contributed by atoms with Crippen molar-refractivity contribution in [3.8, 4) is 0 Å². The van der Waals surface area contributed by atoms with Gasteiger partial charge in [-0.15, -0.1) is 0 Å². The summed E-state index contributed by atoms with van der Waals surface area (Å²) in [5.74, 6) is 0. The zero-order valence-electron chi connectivity index (χ0n) is 9.36. The molecule has 0 radical (unpaired) electrons. The van der Waals surface area contributed by atoms with Crippen LogP contribution in [0.15, 0.2) is 0 Å². The van der Waals surface area contributed by atoms with E-state index in [1.54, 1.807) is 0 Å². The molecule has 0 aliphatic carbocycles. The van der Waals surface area contributed by atoms with Gasteiger partial charge in [-0.2, -0.15) is 0 Å². The molecule has 0 spiro atoms. The molecule has 4 heteroatoms. The topological polar surface area (TPSA) is 32.5 Å². The molecular weight excluding hydrogens is 194 g/mol. The molecule has 0 amide bonds. The normalized spacial score (nSPS) is 22.6. The second kappa shape index (κ2) is 5.05. The molecule has 0 bridgehead atoms. The fourth-order valence-corrected chi connectivity index (χ4v) is 1.97. The number of hydrogen-bond acceptors (Lipinski definition) is 3. The van der Waals surface area contributed by atoms with Crippen LogP contribution in [0.5, 0.6) is 0 Å². The molecule has 2 N–H and O–H groups in total. The third-order valence-electron chi connectivity index (χ3n) is 3.04. The minimum Gasteiger partial charge on any atom is -0.392 e. The van der Waals surface area contributed by atoms with Crippen LogP contribution < -0.4 is 5.73 Å². The third-order valence-corrected chi connectivity index (χ3v) is 3.38. The summed E-state index contributed by atoms with van der Waals surface area (Å²) < 4.78 is 0. The van der Waals surface area contributed by atoms with Crippen molar-refractivity contribution in [1.82, 2.24) is 9.80 Å². The van der Waals surface area contributed by atoms with Crippen molar-refractivity contribution < 1.29 is 0 Å². The molecule has 0 saturated carbocycles. The molecule has 1 fully saturated rings. The van der Waals surface area contributed by atoms with Gasteiger partial charge in [0.25, 0.3) is 0 Å². The van der Waals surface area contributed by atoms with Crippen molar-refractivity contribution in [3.05, 3.63) is 0 Å². The van der Waals surface area contributed by atoms with E-state index >= 15 is 0 Å². The number of nitrogens with zero attached hydrogens (tertiary/aromatic N) is 2. The van der Waals surface area contributed by atoms with E-state index in [1.807, 2.05) is 0 Å². The van der Waals surface area contributed by atoms with E-state index in [1.165, 1.54) is 0 Å². The van der Waals surface area contributed by atoms with Crippen molar-refractivity contribution in [2.45, 2.75) is 32.9 Å². The molecule has 1 aliphatic heterocycles. The van der Waals surface area contributed by atoms with E-state index < -0.39 is 0 Å². The van der Waals surface area contributed by atoms with Crippen LogP contribution in [0.25, 0.3) is 0 Å². The van der Waals surface area contributed by atoms with Crippen LogP contribution in [-0.4, -0.2) is 53.1 Å². The Bertz CT molecular complexity index is 198. The molecule has 1 rings (SSSR count). The molecule has 1 heterocycles. The van der Waals surface area contributed by atoms with Crippen LogP contribution in [0.3, 0.4) is 0 Å². The summed E-state index contributed by atoms with van der Waals surface area (Å²) in [6, 6.07) is 0.900. The monoisotopic (exact) mass is 215 g/mol. The van der Waals surface area contributed by atoms with Crippen molar-refractivity contribution >= 4 is 17.2 Å². The van der Waals surface area contributed by atoms with Gasteiger partial charge in [0.05, 0.1) is 11.0 Å². The number of rotatable bonds is 3. The van der Waals surface area contributed by atoms with Gasteiger partial charge in [-0.1, -0.05) is 12.2 Å². The Morgan fingerprint density at radius 2 is 1.50 bits per heavy atom. The van der Waals surface area contributed by atoms with Crippen LogP contribution >= 0.6 is 12.2 Å². The van der Waals surface area contributed by atoms with E-state index in [9.17, 15) is 0 Å². The maximum absolute atomic E-state index is 5.64. The minimum atomic E-state index is 0.249.